The second-order valence-corrected chi connectivity index (χ2v) is 2.95. The first-order valence-electron chi connectivity index (χ1n) is 4.23. The summed E-state index contributed by atoms with van der Waals surface area (Å²) in [7, 11) is 0.519. The predicted molar refractivity (Wildman–Crippen MR) is 53.0 cm³/mol. The molecule has 2 heteroatoms. The molecule has 0 spiro atoms. The van der Waals surface area contributed by atoms with Crippen LogP contribution in [0.3, 0.4) is 0 Å². The van der Waals surface area contributed by atoms with E-state index in [0.29, 0.717) is 7.28 Å². The van der Waals surface area contributed by atoms with Crippen LogP contribution in [0.5, 0.6) is 0 Å². The van der Waals surface area contributed by atoms with E-state index in [0.717, 1.165) is 11.9 Å². The lowest BCUT2D eigenvalue weighted by atomic mass is 9.72. The van der Waals surface area contributed by atoms with Gasteiger partial charge >= 0.3 is 0 Å². The van der Waals surface area contributed by atoms with E-state index < -0.39 is 0 Å². The Kier molecular flexibility index (Phi) is 2.93. The minimum atomic E-state index is 0.519. The van der Waals surface area contributed by atoms with Crippen LogP contribution in [0.1, 0.15) is 18.1 Å². The maximum Gasteiger partial charge on any atom is 0.282 e. The fourth-order valence-electron chi connectivity index (χ4n) is 1.36. The Morgan fingerprint density at radius 2 is 2.25 bits per heavy atom. The summed E-state index contributed by atoms with van der Waals surface area (Å²) in [5, 5.41) is 8.49. The minimum absolute atomic E-state index is 0.519. The molecular formula is C10H12BN. The van der Waals surface area contributed by atoms with Gasteiger partial charge < -0.3 is 0 Å². The maximum absolute atomic E-state index is 8.49. The monoisotopic (exact) mass is 157 g/mol. The highest BCUT2D eigenvalue weighted by Gasteiger charge is 1.98. The third-order valence-corrected chi connectivity index (χ3v) is 2.07. The molecule has 0 aliphatic rings. The Morgan fingerprint density at radius 3 is 2.75 bits per heavy atom. The first-order chi connectivity index (χ1) is 5.77. The van der Waals surface area contributed by atoms with Crippen LogP contribution in [0.4, 0.5) is 0 Å². The molecule has 0 aromatic heterocycles. The molecule has 0 saturated heterocycles. The topological polar surface area (TPSA) is 23.8 Å². The summed E-state index contributed by atoms with van der Waals surface area (Å²) in [6.45, 7) is 4.24. The molecule has 1 nitrogen and oxygen atoms in total. The number of benzene rings is 1. The highest BCUT2D eigenvalue weighted by atomic mass is 14.2. The van der Waals surface area contributed by atoms with E-state index >= 15 is 0 Å². The van der Waals surface area contributed by atoms with Crippen LogP contribution in [-0.4, -0.2) is 7.28 Å². The number of hydrogen-bond acceptors (Lipinski definition) is 1. The molecule has 0 amide bonds. The van der Waals surface area contributed by atoms with Crippen molar-refractivity contribution < 1.29 is 0 Å². The van der Waals surface area contributed by atoms with Gasteiger partial charge in [0, 0.05) is 5.97 Å². The molecular weight excluding hydrogens is 145 g/mol. The summed E-state index contributed by atoms with van der Waals surface area (Å²) in [5.41, 5.74) is 3.79. The largest absolute Gasteiger partial charge is 0.282 e. The van der Waals surface area contributed by atoms with Gasteiger partial charge in [-0.15, -0.1) is 0 Å². The van der Waals surface area contributed by atoms with Crippen LogP contribution in [0.15, 0.2) is 18.2 Å². The number of hydrogen-bond donors (Lipinski definition) is 0. The Hall–Kier alpha value is -1.23. The average molecular weight is 157 g/mol. The molecule has 60 valence electrons. The summed E-state index contributed by atoms with van der Waals surface area (Å²) in [6, 6.07) is 6.25. The van der Waals surface area contributed by atoms with E-state index in [-0.39, 0.29) is 0 Å². The van der Waals surface area contributed by atoms with Gasteiger partial charge in [0.05, 0.1) is 0 Å². The lowest BCUT2D eigenvalue weighted by molar-refractivity contribution is 1.11. The first kappa shape index (κ1) is 8.87. The average Bonchev–Trinajstić information content (AvgIpc) is 2.05. The lowest BCUT2D eigenvalue weighted by Crippen LogP contribution is -2.12. The fraction of sp³-hybridized carbons (Fsp3) is 0.300. The molecule has 1 aromatic carbocycles. The van der Waals surface area contributed by atoms with E-state index in [1.54, 1.807) is 0 Å². The van der Waals surface area contributed by atoms with Gasteiger partial charge in [0.1, 0.15) is 0 Å². The Labute approximate surface area is 74.3 Å². The SMILES string of the molecule is CCc1ccc(BC#N)cc1C. The molecule has 0 unspecified atom stereocenters. The fourth-order valence-corrected chi connectivity index (χ4v) is 1.36. The van der Waals surface area contributed by atoms with Gasteiger partial charge in [-0.25, -0.2) is 5.26 Å². The number of aryl methyl sites for hydroxylation is 2. The first-order valence-corrected chi connectivity index (χ1v) is 4.23. The molecule has 0 saturated carbocycles. The molecule has 0 aliphatic carbocycles. The third kappa shape index (κ3) is 1.89. The highest BCUT2D eigenvalue weighted by molar-refractivity contribution is 6.61. The predicted octanol–water partition coefficient (Wildman–Crippen LogP) is 1.10. The van der Waals surface area contributed by atoms with Crippen LogP contribution >= 0.6 is 0 Å². The van der Waals surface area contributed by atoms with Crippen molar-refractivity contribution in [1.82, 2.24) is 0 Å². The molecule has 0 fully saturated rings. The van der Waals surface area contributed by atoms with E-state index in [4.69, 9.17) is 5.26 Å². The summed E-state index contributed by atoms with van der Waals surface area (Å²) < 4.78 is 0. The van der Waals surface area contributed by atoms with Gasteiger partial charge in [-0.3, -0.25) is 0 Å². The van der Waals surface area contributed by atoms with Crippen LogP contribution < -0.4 is 5.46 Å². The van der Waals surface area contributed by atoms with Gasteiger partial charge in [0.15, 0.2) is 0 Å². The Morgan fingerprint density at radius 1 is 1.50 bits per heavy atom. The van der Waals surface area contributed by atoms with Crippen molar-refractivity contribution in [3.05, 3.63) is 29.3 Å². The molecule has 0 radical (unpaired) electrons. The van der Waals surface area contributed by atoms with Gasteiger partial charge in [-0.2, -0.15) is 0 Å². The highest BCUT2D eigenvalue weighted by Crippen LogP contribution is 2.05. The summed E-state index contributed by atoms with van der Waals surface area (Å²) >= 11 is 0. The molecule has 1 rings (SSSR count). The third-order valence-electron chi connectivity index (χ3n) is 2.07. The second-order valence-electron chi connectivity index (χ2n) is 2.95. The lowest BCUT2D eigenvalue weighted by Gasteiger charge is -2.03. The van der Waals surface area contributed by atoms with Crippen molar-refractivity contribution in [2.45, 2.75) is 20.3 Å². The standard InChI is InChI=1S/C10H12BN/c1-3-9-4-5-10(11-7-12)6-8(9)2/h4-6,11H,3H2,1-2H3. The molecule has 12 heavy (non-hydrogen) atoms. The van der Waals surface area contributed by atoms with Crippen molar-refractivity contribution in [1.29, 1.82) is 5.26 Å². The Bertz CT molecular complexity index is 312. The number of nitriles is 1. The second kappa shape index (κ2) is 3.97. The molecule has 0 N–H and O–H groups in total. The molecule has 0 atom stereocenters. The molecule has 0 aliphatic heterocycles. The summed E-state index contributed by atoms with van der Waals surface area (Å²) in [6.07, 6.45) is 1.07. The normalized spacial score (nSPS) is 9.08. The number of nitrogens with zero attached hydrogens (tertiary/aromatic N) is 1. The van der Waals surface area contributed by atoms with Gasteiger partial charge in [-0.1, -0.05) is 30.6 Å². The van der Waals surface area contributed by atoms with E-state index in [2.05, 4.69) is 31.9 Å². The van der Waals surface area contributed by atoms with Crippen molar-refractivity contribution >= 4 is 12.7 Å². The molecule has 1 aromatic rings. The van der Waals surface area contributed by atoms with Crippen LogP contribution in [0.25, 0.3) is 0 Å². The van der Waals surface area contributed by atoms with Crippen molar-refractivity contribution in [3.63, 3.8) is 0 Å². The van der Waals surface area contributed by atoms with E-state index in [1.807, 2.05) is 6.07 Å². The minimum Gasteiger partial charge on any atom is -0.213 e. The summed E-state index contributed by atoms with van der Waals surface area (Å²) in [5.74, 6) is 2.15. The Balaban J connectivity index is 2.95. The molecule has 0 heterocycles. The van der Waals surface area contributed by atoms with Crippen LogP contribution in [-0.2, 0) is 6.42 Å². The zero-order valence-electron chi connectivity index (χ0n) is 7.59. The smallest absolute Gasteiger partial charge is 0.213 e. The van der Waals surface area contributed by atoms with Crippen LogP contribution in [0, 0.1) is 18.2 Å². The maximum atomic E-state index is 8.49. The van der Waals surface area contributed by atoms with E-state index in [9.17, 15) is 0 Å². The van der Waals surface area contributed by atoms with Gasteiger partial charge in [-0.05, 0) is 24.5 Å². The quantitative estimate of drug-likeness (QED) is 0.589. The number of rotatable bonds is 2. The summed E-state index contributed by atoms with van der Waals surface area (Å²) in [4.78, 5) is 0. The van der Waals surface area contributed by atoms with Crippen molar-refractivity contribution in [2.75, 3.05) is 0 Å². The van der Waals surface area contributed by atoms with Crippen molar-refractivity contribution in [3.8, 4) is 5.97 Å². The van der Waals surface area contributed by atoms with E-state index in [1.165, 1.54) is 11.1 Å². The van der Waals surface area contributed by atoms with Crippen LogP contribution in [0.2, 0.25) is 0 Å². The zero-order valence-corrected chi connectivity index (χ0v) is 7.59. The van der Waals surface area contributed by atoms with Gasteiger partial charge in [0.25, 0.3) is 7.28 Å². The van der Waals surface area contributed by atoms with Gasteiger partial charge in [0.2, 0.25) is 0 Å². The zero-order chi connectivity index (χ0) is 8.97. The van der Waals surface area contributed by atoms with Crippen molar-refractivity contribution in [2.24, 2.45) is 0 Å². The molecule has 0 bridgehead atoms.